The summed E-state index contributed by atoms with van der Waals surface area (Å²) in [5, 5.41) is 16.1. The summed E-state index contributed by atoms with van der Waals surface area (Å²) in [5.74, 6) is -1.65. The lowest BCUT2D eigenvalue weighted by molar-refractivity contribution is -0.145. The number of aliphatic carboxylic acids is 1. The summed E-state index contributed by atoms with van der Waals surface area (Å²) in [4.78, 5) is 39.8. The van der Waals surface area contributed by atoms with Crippen LogP contribution in [0.15, 0.2) is 53.9 Å². The second-order valence-electron chi connectivity index (χ2n) is 8.25. The smallest absolute Gasteiger partial charge is 0.413 e. The molecule has 33 heavy (non-hydrogen) atoms. The van der Waals surface area contributed by atoms with Crippen molar-refractivity contribution in [1.29, 1.82) is 0 Å². The van der Waals surface area contributed by atoms with Crippen LogP contribution in [-0.4, -0.2) is 40.2 Å². The number of amides is 2. The fourth-order valence-corrected chi connectivity index (χ4v) is 4.47. The minimum atomic E-state index is -1.38. The molecule has 0 spiro atoms. The first-order valence-corrected chi connectivity index (χ1v) is 11.2. The third-order valence-corrected chi connectivity index (χ3v) is 6.24. The molecular formula is C24H23N3O5S. The van der Waals surface area contributed by atoms with Crippen LogP contribution in [0.1, 0.15) is 36.6 Å². The number of carboxylic acid groups (broad SMARTS) is 1. The van der Waals surface area contributed by atoms with Crippen molar-refractivity contribution in [2.45, 2.75) is 31.7 Å². The van der Waals surface area contributed by atoms with Gasteiger partial charge in [0.25, 0.3) is 0 Å². The molecule has 1 aliphatic rings. The number of anilines is 1. The summed E-state index contributed by atoms with van der Waals surface area (Å²) in [5.41, 5.74) is 3.59. The number of hydrogen-bond acceptors (Lipinski definition) is 6. The van der Waals surface area contributed by atoms with Crippen molar-refractivity contribution < 1.29 is 24.2 Å². The molecule has 1 heterocycles. The largest absolute Gasteiger partial charge is 0.480 e. The van der Waals surface area contributed by atoms with E-state index in [2.05, 4.69) is 27.8 Å². The SMILES string of the molecule is CC(C)(NC(=O)Cc1csc(NC(=O)OCC2c3ccccc3-c3ccccc32)n1)C(=O)O. The van der Waals surface area contributed by atoms with Gasteiger partial charge in [0.15, 0.2) is 5.13 Å². The summed E-state index contributed by atoms with van der Waals surface area (Å²) < 4.78 is 5.50. The monoisotopic (exact) mass is 465 g/mol. The number of nitrogens with zero attached hydrogens (tertiary/aromatic N) is 1. The second kappa shape index (κ2) is 9.03. The Balaban J connectivity index is 1.34. The van der Waals surface area contributed by atoms with Gasteiger partial charge < -0.3 is 15.2 Å². The Kier molecular flexibility index (Phi) is 6.15. The minimum Gasteiger partial charge on any atom is -0.480 e. The lowest BCUT2D eigenvalue weighted by Crippen LogP contribution is -2.50. The maximum Gasteiger partial charge on any atom is 0.413 e. The Hall–Kier alpha value is -3.72. The van der Waals surface area contributed by atoms with Crippen molar-refractivity contribution in [3.05, 3.63) is 70.7 Å². The maximum atomic E-state index is 12.4. The standard InChI is InChI=1S/C24H23N3O5S/c1-24(2,21(29)30)27-20(28)11-14-13-33-22(25-14)26-23(31)32-12-19-17-9-5-3-7-15(17)16-8-4-6-10-18(16)19/h3-10,13,19H,11-12H2,1-2H3,(H,27,28)(H,29,30)(H,25,26,31). The number of rotatable bonds is 7. The highest BCUT2D eigenvalue weighted by molar-refractivity contribution is 7.13. The molecule has 0 saturated heterocycles. The van der Waals surface area contributed by atoms with Crippen molar-refractivity contribution in [3.8, 4) is 11.1 Å². The normalized spacial score (nSPS) is 12.5. The quantitative estimate of drug-likeness (QED) is 0.485. The number of benzene rings is 2. The van der Waals surface area contributed by atoms with Crippen LogP contribution in [-0.2, 0) is 20.7 Å². The Bertz CT molecular complexity index is 1170. The van der Waals surface area contributed by atoms with Crippen LogP contribution < -0.4 is 10.6 Å². The van der Waals surface area contributed by atoms with Crippen molar-refractivity contribution in [2.24, 2.45) is 0 Å². The van der Waals surface area contributed by atoms with Gasteiger partial charge in [-0.25, -0.2) is 14.6 Å². The highest BCUT2D eigenvalue weighted by atomic mass is 32.1. The van der Waals surface area contributed by atoms with E-state index >= 15 is 0 Å². The van der Waals surface area contributed by atoms with Gasteiger partial charge in [-0.1, -0.05) is 48.5 Å². The zero-order chi connectivity index (χ0) is 23.6. The second-order valence-corrected chi connectivity index (χ2v) is 9.11. The molecule has 0 saturated carbocycles. The molecular weight excluding hydrogens is 442 g/mol. The van der Waals surface area contributed by atoms with Crippen LogP contribution in [0, 0.1) is 0 Å². The van der Waals surface area contributed by atoms with Crippen LogP contribution in [0.3, 0.4) is 0 Å². The van der Waals surface area contributed by atoms with Crippen LogP contribution in [0.25, 0.3) is 11.1 Å². The van der Waals surface area contributed by atoms with Gasteiger partial charge in [0, 0.05) is 11.3 Å². The van der Waals surface area contributed by atoms with E-state index in [4.69, 9.17) is 9.84 Å². The van der Waals surface area contributed by atoms with Gasteiger partial charge >= 0.3 is 12.1 Å². The molecule has 3 N–H and O–H groups in total. The molecule has 0 radical (unpaired) electrons. The summed E-state index contributed by atoms with van der Waals surface area (Å²) in [7, 11) is 0. The highest BCUT2D eigenvalue weighted by Gasteiger charge is 2.30. The average molecular weight is 466 g/mol. The van der Waals surface area contributed by atoms with Crippen LogP contribution in [0.4, 0.5) is 9.93 Å². The van der Waals surface area contributed by atoms with E-state index in [0.29, 0.717) is 10.8 Å². The van der Waals surface area contributed by atoms with Gasteiger partial charge in [-0.2, -0.15) is 0 Å². The van der Waals surface area contributed by atoms with Crippen molar-refractivity contribution in [3.63, 3.8) is 0 Å². The molecule has 1 aromatic heterocycles. The average Bonchev–Trinajstić information content (AvgIpc) is 3.33. The zero-order valence-corrected chi connectivity index (χ0v) is 18.9. The number of carbonyl (C=O) groups excluding carboxylic acids is 2. The molecule has 170 valence electrons. The first kappa shape index (κ1) is 22.5. The first-order chi connectivity index (χ1) is 15.7. The summed E-state index contributed by atoms with van der Waals surface area (Å²) in [6.07, 6.45) is -0.728. The Morgan fingerprint density at radius 1 is 1.06 bits per heavy atom. The third-order valence-electron chi connectivity index (χ3n) is 5.43. The fraction of sp³-hybridized carbons (Fsp3) is 0.250. The number of ether oxygens (including phenoxy) is 1. The number of aromatic nitrogens is 1. The molecule has 0 bridgehead atoms. The lowest BCUT2D eigenvalue weighted by atomic mass is 9.98. The molecule has 0 fully saturated rings. The summed E-state index contributed by atoms with van der Waals surface area (Å²) in [6, 6.07) is 16.2. The highest BCUT2D eigenvalue weighted by Crippen LogP contribution is 2.44. The van der Waals surface area contributed by atoms with Gasteiger partial charge in [0.1, 0.15) is 12.1 Å². The number of carbonyl (C=O) groups is 3. The fourth-order valence-electron chi connectivity index (χ4n) is 3.78. The minimum absolute atomic E-state index is 0.0451. The van der Waals surface area contributed by atoms with E-state index in [0.717, 1.165) is 33.6 Å². The van der Waals surface area contributed by atoms with Gasteiger partial charge in [0.05, 0.1) is 12.1 Å². The topological polar surface area (TPSA) is 118 Å². The molecule has 0 aliphatic heterocycles. The van der Waals surface area contributed by atoms with Gasteiger partial charge in [-0.3, -0.25) is 10.1 Å². The van der Waals surface area contributed by atoms with E-state index in [-0.39, 0.29) is 18.9 Å². The number of carboxylic acids is 1. The lowest BCUT2D eigenvalue weighted by Gasteiger charge is -2.20. The van der Waals surface area contributed by atoms with E-state index in [1.54, 1.807) is 5.38 Å². The molecule has 0 atom stereocenters. The van der Waals surface area contributed by atoms with Gasteiger partial charge in [0.2, 0.25) is 5.91 Å². The van der Waals surface area contributed by atoms with Crippen LogP contribution in [0.2, 0.25) is 0 Å². The molecule has 2 amide bonds. The predicted molar refractivity (Wildman–Crippen MR) is 124 cm³/mol. The summed E-state index contributed by atoms with van der Waals surface area (Å²) >= 11 is 1.16. The van der Waals surface area contributed by atoms with Crippen molar-refractivity contribution in [2.75, 3.05) is 11.9 Å². The Morgan fingerprint density at radius 2 is 1.67 bits per heavy atom. The van der Waals surface area contributed by atoms with Crippen LogP contribution in [0.5, 0.6) is 0 Å². The summed E-state index contributed by atoms with van der Waals surface area (Å²) in [6.45, 7) is 2.99. The van der Waals surface area contributed by atoms with Crippen molar-refractivity contribution in [1.82, 2.24) is 10.3 Å². The van der Waals surface area contributed by atoms with Gasteiger partial charge in [-0.15, -0.1) is 11.3 Å². The van der Waals surface area contributed by atoms with E-state index in [9.17, 15) is 14.4 Å². The first-order valence-electron chi connectivity index (χ1n) is 10.4. The molecule has 2 aromatic carbocycles. The van der Waals surface area contributed by atoms with Crippen molar-refractivity contribution >= 4 is 34.4 Å². The molecule has 4 rings (SSSR count). The molecule has 9 heteroatoms. The maximum absolute atomic E-state index is 12.4. The Morgan fingerprint density at radius 3 is 2.27 bits per heavy atom. The van der Waals surface area contributed by atoms with E-state index in [1.807, 2.05) is 36.4 Å². The predicted octanol–water partition coefficient (Wildman–Crippen LogP) is 4.03. The van der Waals surface area contributed by atoms with E-state index < -0.39 is 23.5 Å². The third kappa shape index (κ3) is 4.88. The molecule has 0 unspecified atom stereocenters. The molecule has 8 nitrogen and oxygen atoms in total. The number of hydrogen-bond donors (Lipinski definition) is 3. The Labute approximate surface area is 194 Å². The zero-order valence-electron chi connectivity index (χ0n) is 18.1. The number of fused-ring (bicyclic) bond motifs is 3. The molecule has 3 aromatic rings. The van der Waals surface area contributed by atoms with Crippen LogP contribution >= 0.6 is 11.3 Å². The number of nitrogens with one attached hydrogen (secondary N) is 2. The number of thiazole rings is 1. The van der Waals surface area contributed by atoms with E-state index in [1.165, 1.54) is 13.8 Å². The molecule has 1 aliphatic carbocycles. The van der Waals surface area contributed by atoms with Gasteiger partial charge in [-0.05, 0) is 36.1 Å².